The standard InChI is InChI=1S/C24H23N3.ClH/c1-2-8-18(9-3-1)21-16-27(15-13-19-10-6-7-14-25-19)17-22-20-11-4-5-12-23(20)26-24(21)22;/h1-12,14,21,26H,13,15-17H2;1H. The molecule has 0 bridgehead atoms. The van der Waals surface area contributed by atoms with Crippen LogP contribution in [0.2, 0.25) is 0 Å². The lowest BCUT2D eigenvalue weighted by molar-refractivity contribution is 0.242. The van der Waals surface area contributed by atoms with Crippen LogP contribution in [0.1, 0.15) is 28.4 Å². The third kappa shape index (κ3) is 3.56. The van der Waals surface area contributed by atoms with E-state index in [-0.39, 0.29) is 12.4 Å². The van der Waals surface area contributed by atoms with Crippen molar-refractivity contribution in [3.63, 3.8) is 0 Å². The number of H-pyrrole nitrogens is 1. The number of hydrogen-bond acceptors (Lipinski definition) is 2. The second-order valence-corrected chi connectivity index (χ2v) is 7.33. The molecule has 1 unspecified atom stereocenters. The van der Waals surface area contributed by atoms with Gasteiger partial charge in [0.05, 0.1) is 0 Å². The fraction of sp³-hybridized carbons (Fsp3) is 0.208. The van der Waals surface area contributed by atoms with Crippen LogP contribution in [0.15, 0.2) is 79.0 Å². The summed E-state index contributed by atoms with van der Waals surface area (Å²) in [5, 5.41) is 1.36. The van der Waals surface area contributed by atoms with Crippen molar-refractivity contribution in [2.24, 2.45) is 0 Å². The van der Waals surface area contributed by atoms with Gasteiger partial charge < -0.3 is 4.98 Å². The molecule has 3 nitrogen and oxygen atoms in total. The molecular weight excluding hydrogens is 366 g/mol. The topological polar surface area (TPSA) is 31.9 Å². The van der Waals surface area contributed by atoms with Crippen molar-refractivity contribution >= 4 is 23.3 Å². The molecule has 142 valence electrons. The summed E-state index contributed by atoms with van der Waals surface area (Å²) in [6.45, 7) is 3.06. The van der Waals surface area contributed by atoms with E-state index in [1.807, 2.05) is 12.3 Å². The zero-order chi connectivity index (χ0) is 18.1. The van der Waals surface area contributed by atoms with Gasteiger partial charge in [0.2, 0.25) is 0 Å². The highest BCUT2D eigenvalue weighted by Gasteiger charge is 2.29. The molecule has 1 atom stereocenters. The summed E-state index contributed by atoms with van der Waals surface area (Å²) < 4.78 is 0. The quantitative estimate of drug-likeness (QED) is 0.521. The first-order valence-electron chi connectivity index (χ1n) is 9.65. The van der Waals surface area contributed by atoms with Crippen molar-refractivity contribution in [2.45, 2.75) is 18.9 Å². The van der Waals surface area contributed by atoms with E-state index in [4.69, 9.17) is 0 Å². The molecule has 0 amide bonds. The summed E-state index contributed by atoms with van der Waals surface area (Å²) in [5.41, 5.74) is 6.63. The van der Waals surface area contributed by atoms with E-state index in [0.717, 1.165) is 26.1 Å². The minimum atomic E-state index is 0. The van der Waals surface area contributed by atoms with Gasteiger partial charge in [-0.3, -0.25) is 9.88 Å². The zero-order valence-electron chi connectivity index (χ0n) is 15.7. The van der Waals surface area contributed by atoms with E-state index in [1.54, 1.807) is 0 Å². The van der Waals surface area contributed by atoms with Crippen molar-refractivity contribution in [1.29, 1.82) is 0 Å². The van der Waals surface area contributed by atoms with Gasteiger partial charge in [0.15, 0.2) is 0 Å². The average Bonchev–Trinajstić information content (AvgIpc) is 3.12. The number of aromatic nitrogens is 2. The monoisotopic (exact) mass is 389 g/mol. The molecule has 0 fully saturated rings. The molecule has 1 aliphatic heterocycles. The first kappa shape index (κ1) is 18.7. The minimum Gasteiger partial charge on any atom is -0.358 e. The molecule has 0 spiro atoms. The number of benzene rings is 2. The van der Waals surface area contributed by atoms with Crippen molar-refractivity contribution in [2.75, 3.05) is 13.1 Å². The average molecular weight is 390 g/mol. The molecule has 2 aromatic carbocycles. The van der Waals surface area contributed by atoms with Crippen LogP contribution < -0.4 is 0 Å². The number of hydrogen-bond donors (Lipinski definition) is 1. The minimum absolute atomic E-state index is 0. The molecule has 0 saturated carbocycles. The smallest absolute Gasteiger partial charge is 0.0459 e. The van der Waals surface area contributed by atoms with E-state index >= 15 is 0 Å². The van der Waals surface area contributed by atoms with Crippen molar-refractivity contribution in [1.82, 2.24) is 14.9 Å². The predicted molar refractivity (Wildman–Crippen MR) is 117 cm³/mol. The summed E-state index contributed by atoms with van der Waals surface area (Å²) in [6.07, 6.45) is 2.87. The molecule has 0 aliphatic carbocycles. The normalized spacial score (nSPS) is 16.5. The van der Waals surface area contributed by atoms with Crippen LogP contribution >= 0.6 is 12.4 Å². The molecule has 4 aromatic rings. The number of aromatic amines is 1. The van der Waals surface area contributed by atoms with Gasteiger partial charge >= 0.3 is 0 Å². The van der Waals surface area contributed by atoms with E-state index in [2.05, 4.69) is 81.6 Å². The number of rotatable bonds is 4. The van der Waals surface area contributed by atoms with Gasteiger partial charge in [-0.05, 0) is 29.3 Å². The number of halogens is 1. The Labute approximate surface area is 171 Å². The molecule has 0 saturated heterocycles. The van der Waals surface area contributed by atoms with Gasteiger partial charge in [-0.25, -0.2) is 0 Å². The van der Waals surface area contributed by atoms with Crippen molar-refractivity contribution < 1.29 is 0 Å². The first-order valence-corrected chi connectivity index (χ1v) is 9.65. The Bertz CT molecular complexity index is 1040. The Kier molecular flexibility index (Phi) is 5.47. The first-order chi connectivity index (χ1) is 13.4. The Hall–Kier alpha value is -2.62. The highest BCUT2D eigenvalue weighted by atomic mass is 35.5. The largest absolute Gasteiger partial charge is 0.358 e. The van der Waals surface area contributed by atoms with E-state index in [0.29, 0.717) is 5.92 Å². The Morgan fingerprint density at radius 2 is 1.71 bits per heavy atom. The van der Waals surface area contributed by atoms with Crippen LogP contribution in [0.5, 0.6) is 0 Å². The zero-order valence-corrected chi connectivity index (χ0v) is 16.5. The summed E-state index contributed by atoms with van der Waals surface area (Å²) in [6, 6.07) is 25.7. The van der Waals surface area contributed by atoms with Crippen LogP contribution in [-0.2, 0) is 13.0 Å². The second-order valence-electron chi connectivity index (χ2n) is 7.33. The highest BCUT2D eigenvalue weighted by molar-refractivity contribution is 5.85. The van der Waals surface area contributed by atoms with Gasteiger partial charge in [-0.15, -0.1) is 12.4 Å². The number of para-hydroxylation sites is 1. The molecule has 1 aliphatic rings. The van der Waals surface area contributed by atoms with Crippen LogP contribution in [0.25, 0.3) is 10.9 Å². The lowest BCUT2D eigenvalue weighted by Crippen LogP contribution is -2.35. The summed E-state index contributed by atoms with van der Waals surface area (Å²) >= 11 is 0. The van der Waals surface area contributed by atoms with Gasteiger partial charge in [0, 0.05) is 60.5 Å². The number of pyridine rings is 1. The fourth-order valence-corrected chi connectivity index (χ4v) is 4.27. The molecule has 2 aromatic heterocycles. The van der Waals surface area contributed by atoms with Gasteiger partial charge in [-0.1, -0.05) is 54.6 Å². The summed E-state index contributed by atoms with van der Waals surface area (Å²) in [5.74, 6) is 0.381. The molecule has 1 N–H and O–H groups in total. The van der Waals surface area contributed by atoms with Crippen LogP contribution in [-0.4, -0.2) is 28.0 Å². The highest BCUT2D eigenvalue weighted by Crippen LogP contribution is 2.37. The molecule has 4 heteroatoms. The van der Waals surface area contributed by atoms with Gasteiger partial charge in [0.25, 0.3) is 0 Å². The Morgan fingerprint density at radius 1 is 0.929 bits per heavy atom. The maximum absolute atomic E-state index is 4.49. The summed E-state index contributed by atoms with van der Waals surface area (Å²) in [7, 11) is 0. The van der Waals surface area contributed by atoms with Crippen LogP contribution in [0.3, 0.4) is 0 Å². The number of fused-ring (bicyclic) bond motifs is 3. The third-order valence-corrected chi connectivity index (χ3v) is 5.63. The second kappa shape index (κ2) is 8.17. The Balaban J connectivity index is 0.00000192. The molecule has 0 radical (unpaired) electrons. The predicted octanol–water partition coefficient (Wildman–Crippen LogP) is 5.17. The number of nitrogens with zero attached hydrogens (tertiary/aromatic N) is 2. The van der Waals surface area contributed by atoms with E-state index in [9.17, 15) is 0 Å². The molecule has 5 rings (SSSR count). The SMILES string of the molecule is Cl.c1ccc(C2CN(CCc3ccccn3)Cc3c2[nH]c2ccccc32)cc1. The maximum atomic E-state index is 4.49. The maximum Gasteiger partial charge on any atom is 0.0459 e. The van der Waals surface area contributed by atoms with Gasteiger partial charge in [0.1, 0.15) is 0 Å². The molecule has 3 heterocycles. The lowest BCUT2D eigenvalue weighted by Gasteiger charge is -2.33. The lowest BCUT2D eigenvalue weighted by atomic mass is 9.88. The Morgan fingerprint density at radius 3 is 2.54 bits per heavy atom. The van der Waals surface area contributed by atoms with Crippen molar-refractivity contribution in [3.8, 4) is 0 Å². The van der Waals surface area contributed by atoms with Gasteiger partial charge in [-0.2, -0.15) is 0 Å². The van der Waals surface area contributed by atoms with Crippen LogP contribution in [0, 0.1) is 0 Å². The van der Waals surface area contributed by atoms with E-state index in [1.165, 1.54) is 33.4 Å². The molecular formula is C24H24ClN3. The fourth-order valence-electron chi connectivity index (χ4n) is 4.27. The van der Waals surface area contributed by atoms with E-state index < -0.39 is 0 Å². The third-order valence-electron chi connectivity index (χ3n) is 5.63. The summed E-state index contributed by atoms with van der Waals surface area (Å²) in [4.78, 5) is 10.8. The number of nitrogens with one attached hydrogen (secondary N) is 1. The molecule has 28 heavy (non-hydrogen) atoms. The van der Waals surface area contributed by atoms with Crippen molar-refractivity contribution in [3.05, 3.63) is 102 Å². The van der Waals surface area contributed by atoms with Crippen LogP contribution in [0.4, 0.5) is 0 Å².